The van der Waals surface area contributed by atoms with Gasteiger partial charge in [-0.3, -0.25) is 19.7 Å². The lowest BCUT2D eigenvalue weighted by atomic mass is 10.2. The molecule has 0 atom stereocenters. The second-order valence-electron chi connectivity index (χ2n) is 6.06. The quantitative estimate of drug-likeness (QED) is 0.327. The lowest BCUT2D eigenvalue weighted by Crippen LogP contribution is -2.22. The second kappa shape index (κ2) is 8.55. The van der Waals surface area contributed by atoms with Crippen LogP contribution in [-0.4, -0.2) is 36.9 Å². The van der Waals surface area contributed by atoms with E-state index in [9.17, 15) is 28.1 Å². The molecule has 1 heterocycles. The van der Waals surface area contributed by atoms with Crippen molar-refractivity contribution in [2.24, 2.45) is 10.1 Å². The Kier molecular flexibility index (Phi) is 6.22. The Balaban J connectivity index is 2.22. The molecule has 11 nitrogen and oxygen atoms in total. The van der Waals surface area contributed by atoms with Gasteiger partial charge in [-0.05, 0) is 24.3 Å². The second-order valence-corrected chi connectivity index (χ2v) is 9.04. The van der Waals surface area contributed by atoms with Crippen LogP contribution in [0.4, 0.5) is 5.69 Å². The van der Waals surface area contributed by atoms with E-state index in [2.05, 4.69) is 9.73 Å². The molecule has 1 amide bonds. The number of methoxy groups -OCH3 is 1. The SMILES string of the molecule is COC(=O)Cn1c(=NC(=O)c2cc([N+](=O)[O-])ccc2Cl)sc2cc(S(N)(=O)=O)ccc21. The maximum atomic E-state index is 12.7. The molecule has 0 saturated heterocycles. The number of non-ortho nitro benzene ring substituents is 1. The van der Waals surface area contributed by atoms with Crippen molar-refractivity contribution in [1.29, 1.82) is 0 Å². The number of carbonyl (C=O) groups is 2. The van der Waals surface area contributed by atoms with Gasteiger partial charge in [0.25, 0.3) is 11.6 Å². The molecule has 0 radical (unpaired) electrons. The minimum absolute atomic E-state index is 0.0274. The van der Waals surface area contributed by atoms with Crippen LogP contribution in [0.2, 0.25) is 5.02 Å². The van der Waals surface area contributed by atoms with E-state index in [4.69, 9.17) is 16.7 Å². The Bertz CT molecular complexity index is 1410. The number of sulfonamides is 1. The number of nitrogens with zero attached hydrogens (tertiary/aromatic N) is 3. The summed E-state index contributed by atoms with van der Waals surface area (Å²) in [5, 5.41) is 16.1. The normalized spacial score (nSPS) is 12.2. The fourth-order valence-corrected chi connectivity index (χ4v) is 4.48. The number of thiazole rings is 1. The highest BCUT2D eigenvalue weighted by atomic mass is 35.5. The number of esters is 1. The van der Waals surface area contributed by atoms with Crippen LogP contribution in [0, 0.1) is 10.1 Å². The summed E-state index contributed by atoms with van der Waals surface area (Å²) in [7, 11) is -2.80. The summed E-state index contributed by atoms with van der Waals surface area (Å²) in [5.74, 6) is -1.52. The predicted molar refractivity (Wildman–Crippen MR) is 111 cm³/mol. The number of hydrogen-bond acceptors (Lipinski definition) is 8. The van der Waals surface area contributed by atoms with Gasteiger partial charge < -0.3 is 9.30 Å². The van der Waals surface area contributed by atoms with Gasteiger partial charge in [0.05, 0.1) is 37.7 Å². The first-order valence-electron chi connectivity index (χ1n) is 8.27. The fraction of sp³-hybridized carbons (Fsp3) is 0.118. The summed E-state index contributed by atoms with van der Waals surface area (Å²) in [5.41, 5.74) is -0.151. The summed E-state index contributed by atoms with van der Waals surface area (Å²) in [6, 6.07) is 7.29. The van der Waals surface area contributed by atoms with E-state index in [1.807, 2.05) is 0 Å². The molecule has 1 aromatic heterocycles. The molecule has 0 bridgehead atoms. The Labute approximate surface area is 183 Å². The average molecular weight is 485 g/mol. The molecule has 2 N–H and O–H groups in total. The van der Waals surface area contributed by atoms with Crippen LogP contribution in [0.15, 0.2) is 46.3 Å². The van der Waals surface area contributed by atoms with E-state index in [-0.39, 0.29) is 32.5 Å². The number of nitro benzene ring substituents is 1. The van der Waals surface area contributed by atoms with Crippen molar-refractivity contribution >= 4 is 60.7 Å². The number of rotatable bonds is 5. The summed E-state index contributed by atoms with van der Waals surface area (Å²) in [4.78, 5) is 38.7. The Morgan fingerprint density at radius 2 is 2.00 bits per heavy atom. The molecule has 3 rings (SSSR count). The smallest absolute Gasteiger partial charge is 0.325 e. The van der Waals surface area contributed by atoms with Crippen LogP contribution in [0.3, 0.4) is 0 Å². The highest BCUT2D eigenvalue weighted by Crippen LogP contribution is 2.24. The van der Waals surface area contributed by atoms with Crippen LogP contribution >= 0.6 is 22.9 Å². The summed E-state index contributed by atoms with van der Waals surface area (Å²) >= 11 is 6.91. The van der Waals surface area contributed by atoms with Crippen molar-refractivity contribution in [3.05, 3.63) is 61.9 Å². The third-order valence-electron chi connectivity index (χ3n) is 4.09. The molecule has 0 aliphatic carbocycles. The number of fused-ring (bicyclic) bond motifs is 1. The minimum atomic E-state index is -3.98. The first-order valence-corrected chi connectivity index (χ1v) is 11.0. The Morgan fingerprint density at radius 3 is 2.61 bits per heavy atom. The number of benzene rings is 2. The topological polar surface area (TPSA) is 164 Å². The minimum Gasteiger partial charge on any atom is -0.468 e. The largest absolute Gasteiger partial charge is 0.468 e. The number of ether oxygens (including phenoxy) is 1. The molecule has 0 aliphatic heterocycles. The van der Waals surface area contributed by atoms with Gasteiger partial charge in [-0.2, -0.15) is 4.99 Å². The van der Waals surface area contributed by atoms with E-state index in [1.54, 1.807) is 0 Å². The van der Waals surface area contributed by atoms with Crippen LogP contribution in [-0.2, 0) is 26.1 Å². The molecule has 0 unspecified atom stereocenters. The van der Waals surface area contributed by atoms with Crippen molar-refractivity contribution in [3.8, 4) is 0 Å². The monoisotopic (exact) mass is 484 g/mol. The van der Waals surface area contributed by atoms with E-state index >= 15 is 0 Å². The fourth-order valence-electron chi connectivity index (χ4n) is 2.60. The van der Waals surface area contributed by atoms with E-state index < -0.39 is 26.8 Å². The number of aromatic nitrogens is 1. The first kappa shape index (κ1) is 22.6. The molecule has 0 saturated carbocycles. The van der Waals surface area contributed by atoms with Crippen molar-refractivity contribution in [3.63, 3.8) is 0 Å². The maximum absolute atomic E-state index is 12.7. The number of nitro groups is 1. The van der Waals surface area contributed by atoms with Crippen LogP contribution < -0.4 is 9.94 Å². The van der Waals surface area contributed by atoms with Crippen LogP contribution in [0.5, 0.6) is 0 Å². The summed E-state index contributed by atoms with van der Waals surface area (Å²) in [6.45, 7) is -0.319. The zero-order valence-electron chi connectivity index (χ0n) is 15.6. The zero-order valence-corrected chi connectivity index (χ0v) is 18.0. The maximum Gasteiger partial charge on any atom is 0.325 e. The molecule has 31 heavy (non-hydrogen) atoms. The van der Waals surface area contributed by atoms with E-state index in [1.165, 1.54) is 35.9 Å². The third-order valence-corrected chi connectivity index (χ3v) is 6.37. The van der Waals surface area contributed by atoms with Gasteiger partial charge in [0, 0.05) is 12.1 Å². The van der Waals surface area contributed by atoms with E-state index in [0.29, 0.717) is 10.2 Å². The number of hydrogen-bond donors (Lipinski definition) is 1. The van der Waals surface area contributed by atoms with Crippen LogP contribution in [0.1, 0.15) is 10.4 Å². The number of halogens is 1. The molecular formula is C17H13ClN4O7S2. The Morgan fingerprint density at radius 1 is 1.29 bits per heavy atom. The molecule has 0 fully saturated rings. The van der Waals surface area contributed by atoms with Gasteiger partial charge in [-0.15, -0.1) is 0 Å². The molecule has 0 aliphatic rings. The van der Waals surface area contributed by atoms with Crippen molar-refractivity contribution in [1.82, 2.24) is 4.57 Å². The van der Waals surface area contributed by atoms with Gasteiger partial charge in [-0.1, -0.05) is 22.9 Å². The molecule has 2 aromatic carbocycles. The van der Waals surface area contributed by atoms with Gasteiger partial charge in [0.2, 0.25) is 10.0 Å². The van der Waals surface area contributed by atoms with Gasteiger partial charge >= 0.3 is 5.97 Å². The van der Waals surface area contributed by atoms with Gasteiger partial charge in [-0.25, -0.2) is 13.6 Å². The highest BCUT2D eigenvalue weighted by Gasteiger charge is 2.18. The van der Waals surface area contributed by atoms with Gasteiger partial charge in [0.15, 0.2) is 4.80 Å². The number of primary sulfonamides is 1. The molecule has 14 heteroatoms. The number of nitrogens with two attached hydrogens (primary N) is 1. The predicted octanol–water partition coefficient (Wildman–Crippen LogP) is 1.83. The zero-order chi connectivity index (χ0) is 22.9. The lowest BCUT2D eigenvalue weighted by Gasteiger charge is -2.04. The highest BCUT2D eigenvalue weighted by molar-refractivity contribution is 7.89. The Hall–Kier alpha value is -3.13. The molecule has 0 spiro atoms. The van der Waals surface area contributed by atoms with Gasteiger partial charge in [0.1, 0.15) is 6.54 Å². The molecule has 3 aromatic rings. The standard InChI is InChI=1S/C17H13ClN4O7S2/c1-29-15(23)8-21-13-5-3-10(31(19,27)28)7-14(13)30-17(21)20-16(24)11-6-9(22(25)26)2-4-12(11)18/h2-7H,8H2,1H3,(H2,19,27,28). The molecule has 162 valence electrons. The number of carbonyl (C=O) groups excluding carboxylic acids is 2. The lowest BCUT2D eigenvalue weighted by molar-refractivity contribution is -0.384. The van der Waals surface area contributed by atoms with Crippen molar-refractivity contribution in [2.75, 3.05) is 7.11 Å². The first-order chi connectivity index (χ1) is 14.5. The number of amides is 1. The van der Waals surface area contributed by atoms with Crippen molar-refractivity contribution in [2.45, 2.75) is 11.4 Å². The van der Waals surface area contributed by atoms with Crippen molar-refractivity contribution < 1.29 is 27.7 Å². The average Bonchev–Trinajstić information content (AvgIpc) is 3.03. The third kappa shape index (κ3) is 4.80. The van der Waals surface area contributed by atoms with E-state index in [0.717, 1.165) is 23.5 Å². The molecular weight excluding hydrogens is 472 g/mol. The summed E-state index contributed by atoms with van der Waals surface area (Å²) < 4.78 is 29.7. The van der Waals surface area contributed by atoms with Crippen LogP contribution in [0.25, 0.3) is 10.2 Å². The summed E-state index contributed by atoms with van der Waals surface area (Å²) in [6.07, 6.45) is 0.